The first-order valence-electron chi connectivity index (χ1n) is 12.1. The van der Waals surface area contributed by atoms with Crippen LogP contribution in [0, 0.1) is 0 Å². The molecule has 0 aromatic heterocycles. The smallest absolute Gasteiger partial charge is 0.251 e. The van der Waals surface area contributed by atoms with Crippen LogP contribution in [0.15, 0.2) is 0 Å². The third-order valence-electron chi connectivity index (χ3n) is 7.21. The maximum atomic E-state index is 12.7. The van der Waals surface area contributed by atoms with Crippen molar-refractivity contribution in [3.8, 4) is 0 Å². The molecule has 10 nitrogen and oxygen atoms in total. The van der Waals surface area contributed by atoms with Gasteiger partial charge in [-0.05, 0) is 68.2 Å². The average molecular weight is 483 g/mol. The van der Waals surface area contributed by atoms with E-state index in [2.05, 4.69) is 0 Å². The molecule has 0 radical (unpaired) electrons. The molecule has 0 bridgehead atoms. The first-order chi connectivity index (χ1) is 15.4. The molecule has 0 spiro atoms. The maximum absolute atomic E-state index is 12.7. The van der Waals surface area contributed by atoms with Gasteiger partial charge in [-0.1, -0.05) is 25.7 Å². The SMILES string of the molecule is CC1(C)C(=O)N(CCCCCCCCN2C(=O)C(C)(C)N(O)C(C)(C)C2=O)C(=O)C(C)(C)N1O. The predicted molar refractivity (Wildman–Crippen MR) is 125 cm³/mol. The predicted octanol–water partition coefficient (Wildman–Crippen LogP) is 2.56. The number of hydrogen-bond donors (Lipinski definition) is 2. The van der Waals surface area contributed by atoms with E-state index in [0.717, 1.165) is 35.8 Å². The van der Waals surface area contributed by atoms with Crippen molar-refractivity contribution >= 4 is 23.6 Å². The Bertz CT molecular complexity index is 711. The van der Waals surface area contributed by atoms with Crippen molar-refractivity contribution in [2.24, 2.45) is 0 Å². The van der Waals surface area contributed by atoms with Gasteiger partial charge in [-0.25, -0.2) is 0 Å². The molecule has 2 aliphatic rings. The van der Waals surface area contributed by atoms with E-state index >= 15 is 0 Å². The summed E-state index contributed by atoms with van der Waals surface area (Å²) < 4.78 is 0. The molecule has 0 aliphatic carbocycles. The number of nitrogens with zero attached hydrogens (tertiary/aromatic N) is 4. The molecule has 0 unspecified atom stereocenters. The molecule has 4 amide bonds. The minimum atomic E-state index is -1.17. The standard InChI is InChI=1S/C24H42N4O6/c1-21(2)17(29)25(18(30)22(3,4)27(21)33)15-13-11-9-10-12-14-16-26-19(31)23(5,6)28(34)24(7,8)20(26)32/h33-34H,9-16H2,1-8H3. The van der Waals surface area contributed by atoms with Crippen LogP contribution in [0.4, 0.5) is 0 Å². The lowest BCUT2D eigenvalue weighted by Crippen LogP contribution is -2.72. The first kappa shape index (κ1) is 28.4. The fraction of sp³-hybridized carbons (Fsp3) is 0.833. The number of unbranched alkanes of at least 4 members (excludes halogenated alkanes) is 5. The van der Waals surface area contributed by atoms with Crippen molar-refractivity contribution in [1.82, 2.24) is 19.9 Å². The second kappa shape index (κ2) is 9.64. The molecule has 10 heteroatoms. The van der Waals surface area contributed by atoms with E-state index in [1.807, 2.05) is 0 Å². The van der Waals surface area contributed by atoms with Gasteiger partial charge in [-0.3, -0.25) is 29.0 Å². The lowest BCUT2D eigenvalue weighted by molar-refractivity contribution is -0.242. The molecule has 2 rings (SSSR count). The van der Waals surface area contributed by atoms with Crippen LogP contribution in [0.5, 0.6) is 0 Å². The van der Waals surface area contributed by atoms with Crippen LogP contribution >= 0.6 is 0 Å². The average Bonchev–Trinajstić information content (AvgIpc) is 2.76. The zero-order valence-electron chi connectivity index (χ0n) is 22.0. The minimum Gasteiger partial charge on any atom is -0.312 e. The Kier molecular flexibility index (Phi) is 8.04. The van der Waals surface area contributed by atoms with Crippen LogP contribution in [-0.2, 0) is 19.2 Å². The second-order valence-electron chi connectivity index (χ2n) is 11.5. The van der Waals surface area contributed by atoms with Crippen LogP contribution in [-0.4, -0.2) is 89.2 Å². The van der Waals surface area contributed by atoms with Gasteiger partial charge in [0.05, 0.1) is 0 Å². The summed E-state index contributed by atoms with van der Waals surface area (Å²) >= 11 is 0. The Balaban J connectivity index is 1.76. The van der Waals surface area contributed by atoms with Crippen molar-refractivity contribution in [2.75, 3.05) is 13.1 Å². The number of hydroxylamine groups is 4. The van der Waals surface area contributed by atoms with Crippen LogP contribution in [0.3, 0.4) is 0 Å². The van der Waals surface area contributed by atoms with Crippen LogP contribution in [0.2, 0.25) is 0 Å². The highest BCUT2D eigenvalue weighted by molar-refractivity contribution is 6.06. The molecule has 2 aliphatic heterocycles. The highest BCUT2D eigenvalue weighted by Gasteiger charge is 2.56. The van der Waals surface area contributed by atoms with Gasteiger partial charge < -0.3 is 10.4 Å². The van der Waals surface area contributed by atoms with Crippen molar-refractivity contribution < 1.29 is 29.6 Å². The molecule has 34 heavy (non-hydrogen) atoms. The Morgan fingerprint density at radius 2 is 0.676 bits per heavy atom. The van der Waals surface area contributed by atoms with E-state index < -0.39 is 45.8 Å². The van der Waals surface area contributed by atoms with Crippen molar-refractivity contribution in [3.63, 3.8) is 0 Å². The summed E-state index contributed by atoms with van der Waals surface area (Å²) in [4.78, 5) is 53.3. The van der Waals surface area contributed by atoms with Gasteiger partial charge in [-0.15, -0.1) is 0 Å². The molecule has 2 heterocycles. The van der Waals surface area contributed by atoms with Crippen molar-refractivity contribution in [2.45, 2.75) is 116 Å². The maximum Gasteiger partial charge on any atom is 0.251 e. The molecular formula is C24H42N4O6. The third kappa shape index (κ3) is 4.78. The first-order valence-corrected chi connectivity index (χ1v) is 12.1. The van der Waals surface area contributed by atoms with E-state index in [9.17, 15) is 29.6 Å². The van der Waals surface area contributed by atoms with Crippen LogP contribution in [0.25, 0.3) is 0 Å². The zero-order valence-corrected chi connectivity index (χ0v) is 22.0. The number of carbonyl (C=O) groups is 4. The quantitative estimate of drug-likeness (QED) is 0.380. The summed E-state index contributed by atoms with van der Waals surface area (Å²) in [7, 11) is 0. The number of rotatable bonds is 9. The monoisotopic (exact) mass is 482 g/mol. The largest absolute Gasteiger partial charge is 0.312 e. The fourth-order valence-corrected chi connectivity index (χ4v) is 4.92. The minimum absolute atomic E-state index is 0.316. The Hall–Kier alpha value is -1.88. The number of amides is 4. The third-order valence-corrected chi connectivity index (χ3v) is 7.21. The topological polar surface area (TPSA) is 122 Å². The summed E-state index contributed by atoms with van der Waals surface area (Å²) in [5.41, 5.74) is -4.68. The van der Waals surface area contributed by atoms with Gasteiger partial charge in [0, 0.05) is 13.1 Å². The molecule has 0 saturated carbocycles. The fourth-order valence-electron chi connectivity index (χ4n) is 4.92. The number of imide groups is 2. The van der Waals surface area contributed by atoms with Gasteiger partial charge in [0.15, 0.2) is 0 Å². The Morgan fingerprint density at radius 1 is 0.471 bits per heavy atom. The molecule has 0 atom stereocenters. The lowest BCUT2D eigenvalue weighted by atomic mass is 9.88. The van der Waals surface area contributed by atoms with Gasteiger partial charge in [0.1, 0.15) is 22.2 Å². The summed E-state index contributed by atoms with van der Waals surface area (Å²) in [5.74, 6) is -1.60. The molecule has 0 aromatic carbocycles. The van der Waals surface area contributed by atoms with Gasteiger partial charge >= 0.3 is 0 Å². The summed E-state index contributed by atoms with van der Waals surface area (Å²) in [6, 6.07) is 0. The van der Waals surface area contributed by atoms with Gasteiger partial charge in [0.25, 0.3) is 23.6 Å². The van der Waals surface area contributed by atoms with E-state index in [1.165, 1.54) is 9.80 Å². The van der Waals surface area contributed by atoms with Crippen molar-refractivity contribution in [1.29, 1.82) is 0 Å². The zero-order chi connectivity index (χ0) is 26.3. The Labute approximate surface area is 202 Å². The molecule has 0 aromatic rings. The summed E-state index contributed by atoms with van der Waals surface area (Å²) in [6.45, 7) is 13.5. The van der Waals surface area contributed by atoms with Gasteiger partial charge in [0.2, 0.25) is 0 Å². The van der Waals surface area contributed by atoms with E-state index in [-0.39, 0.29) is 0 Å². The lowest BCUT2D eigenvalue weighted by Gasteiger charge is -2.49. The Morgan fingerprint density at radius 3 is 0.912 bits per heavy atom. The van der Waals surface area contributed by atoms with Gasteiger partial charge in [-0.2, -0.15) is 10.1 Å². The number of hydrogen-bond acceptors (Lipinski definition) is 8. The number of carbonyl (C=O) groups excluding carboxylic acids is 4. The van der Waals surface area contributed by atoms with Crippen LogP contribution in [0.1, 0.15) is 93.9 Å². The highest BCUT2D eigenvalue weighted by atomic mass is 16.5. The molecular weight excluding hydrogens is 440 g/mol. The molecule has 2 fully saturated rings. The summed E-state index contributed by atoms with van der Waals surface area (Å²) in [6.07, 6.45) is 4.82. The van der Waals surface area contributed by atoms with Crippen molar-refractivity contribution in [3.05, 3.63) is 0 Å². The normalized spacial score (nSPS) is 24.8. The van der Waals surface area contributed by atoms with E-state index in [0.29, 0.717) is 25.9 Å². The molecule has 2 N–H and O–H groups in total. The van der Waals surface area contributed by atoms with Crippen LogP contribution < -0.4 is 0 Å². The van der Waals surface area contributed by atoms with E-state index in [1.54, 1.807) is 55.4 Å². The molecule has 2 saturated heterocycles. The summed E-state index contributed by atoms with van der Waals surface area (Å²) in [5, 5.41) is 22.3. The van der Waals surface area contributed by atoms with E-state index in [4.69, 9.17) is 0 Å². The number of piperazine rings is 2. The molecule has 194 valence electrons. The second-order valence-corrected chi connectivity index (χ2v) is 11.5. The highest BCUT2D eigenvalue weighted by Crippen LogP contribution is 2.33.